The average molecular weight is 435 g/mol. The molecular weight excluding hydrogens is 413 g/mol. The Balaban J connectivity index is 0.00000256. The number of nitrogens with zero attached hydrogens (tertiary/aromatic N) is 4. The van der Waals surface area contributed by atoms with Gasteiger partial charge in [0.25, 0.3) is 0 Å². The zero-order chi connectivity index (χ0) is 20.3. The molecule has 2 aromatic carbocycles. The van der Waals surface area contributed by atoms with E-state index in [9.17, 15) is 13.2 Å². The van der Waals surface area contributed by atoms with Gasteiger partial charge in [0.2, 0.25) is 5.95 Å². The molecule has 158 valence electrons. The highest BCUT2D eigenvalue weighted by Gasteiger charge is 2.30. The average Bonchev–Trinajstić information content (AvgIpc) is 2.75. The summed E-state index contributed by atoms with van der Waals surface area (Å²) in [5, 5.41) is 0. The Morgan fingerprint density at radius 3 is 2.10 bits per heavy atom. The second kappa shape index (κ2) is 9.45. The summed E-state index contributed by atoms with van der Waals surface area (Å²) < 4.78 is 38.3. The number of aromatic nitrogens is 2. The van der Waals surface area contributed by atoms with Crippen molar-refractivity contribution in [1.29, 1.82) is 0 Å². The van der Waals surface area contributed by atoms with E-state index in [1.54, 1.807) is 12.4 Å². The Kier molecular flexibility index (Phi) is 6.95. The van der Waals surface area contributed by atoms with Crippen LogP contribution in [0.2, 0.25) is 0 Å². The monoisotopic (exact) mass is 434 g/mol. The fraction of sp³-hybridized carbons (Fsp3) is 0.273. The maximum Gasteiger partial charge on any atom is 0.416 e. The molecule has 1 aromatic heterocycles. The van der Waals surface area contributed by atoms with Crippen molar-refractivity contribution in [2.24, 2.45) is 0 Å². The van der Waals surface area contributed by atoms with Crippen LogP contribution in [0.25, 0.3) is 11.1 Å². The third-order valence-electron chi connectivity index (χ3n) is 5.09. The summed E-state index contributed by atoms with van der Waals surface area (Å²) in [4.78, 5) is 13.1. The standard InChI is InChI=1S/C22H21F3N4.ClH/c23-22(24,25)20-7-5-18(6-8-20)19-4-1-3-17(15-19)16-28-11-13-29(14-12-28)21-26-9-2-10-27-21;/h1-10,15H,11-14,16H2;1H. The number of hydrogen-bond acceptors (Lipinski definition) is 4. The van der Waals surface area contributed by atoms with Gasteiger partial charge in [-0.1, -0.05) is 30.3 Å². The first kappa shape index (κ1) is 22.1. The highest BCUT2D eigenvalue weighted by atomic mass is 35.5. The van der Waals surface area contributed by atoms with Crippen molar-refractivity contribution in [3.8, 4) is 11.1 Å². The van der Waals surface area contributed by atoms with Crippen LogP contribution in [0.5, 0.6) is 0 Å². The lowest BCUT2D eigenvalue weighted by Gasteiger charge is -2.34. The Hall–Kier alpha value is -2.64. The summed E-state index contributed by atoms with van der Waals surface area (Å²) in [6.07, 6.45) is -0.809. The summed E-state index contributed by atoms with van der Waals surface area (Å²) in [6, 6.07) is 15.1. The first-order valence-corrected chi connectivity index (χ1v) is 9.50. The Labute approximate surface area is 179 Å². The van der Waals surface area contributed by atoms with Crippen molar-refractivity contribution in [3.05, 3.63) is 78.1 Å². The van der Waals surface area contributed by atoms with Crippen LogP contribution in [0.1, 0.15) is 11.1 Å². The lowest BCUT2D eigenvalue weighted by atomic mass is 10.0. The van der Waals surface area contributed by atoms with Crippen molar-refractivity contribution < 1.29 is 13.2 Å². The van der Waals surface area contributed by atoms with Crippen LogP contribution in [0, 0.1) is 0 Å². The second-order valence-electron chi connectivity index (χ2n) is 7.09. The molecular formula is C22H22ClF3N4. The fourth-order valence-corrected chi connectivity index (χ4v) is 3.52. The van der Waals surface area contributed by atoms with E-state index < -0.39 is 11.7 Å². The minimum atomic E-state index is -4.31. The van der Waals surface area contributed by atoms with Gasteiger partial charge in [-0.15, -0.1) is 12.4 Å². The molecule has 1 aliphatic heterocycles. The Morgan fingerprint density at radius 2 is 1.47 bits per heavy atom. The highest BCUT2D eigenvalue weighted by molar-refractivity contribution is 5.85. The molecule has 4 rings (SSSR count). The molecule has 8 heteroatoms. The van der Waals surface area contributed by atoms with E-state index in [1.165, 1.54) is 12.1 Å². The van der Waals surface area contributed by atoms with Gasteiger partial charge in [0.1, 0.15) is 0 Å². The van der Waals surface area contributed by atoms with Crippen molar-refractivity contribution in [3.63, 3.8) is 0 Å². The van der Waals surface area contributed by atoms with E-state index in [0.29, 0.717) is 0 Å². The second-order valence-corrected chi connectivity index (χ2v) is 7.09. The van der Waals surface area contributed by atoms with E-state index >= 15 is 0 Å². The van der Waals surface area contributed by atoms with Crippen LogP contribution in [-0.2, 0) is 12.7 Å². The summed E-state index contributed by atoms with van der Waals surface area (Å²) in [7, 11) is 0. The smallest absolute Gasteiger partial charge is 0.338 e. The molecule has 0 spiro atoms. The topological polar surface area (TPSA) is 32.3 Å². The molecule has 0 saturated carbocycles. The molecule has 4 nitrogen and oxygen atoms in total. The van der Waals surface area contributed by atoms with Crippen molar-refractivity contribution in [2.45, 2.75) is 12.7 Å². The van der Waals surface area contributed by atoms with Crippen molar-refractivity contribution in [2.75, 3.05) is 31.1 Å². The van der Waals surface area contributed by atoms with Gasteiger partial charge in [0.15, 0.2) is 0 Å². The van der Waals surface area contributed by atoms with Crippen LogP contribution in [0.3, 0.4) is 0 Å². The number of halogens is 4. The molecule has 0 unspecified atom stereocenters. The molecule has 0 N–H and O–H groups in total. The number of hydrogen-bond donors (Lipinski definition) is 0. The number of benzene rings is 2. The molecule has 3 aromatic rings. The van der Waals surface area contributed by atoms with Crippen LogP contribution in [0.4, 0.5) is 19.1 Å². The Morgan fingerprint density at radius 1 is 0.800 bits per heavy atom. The lowest BCUT2D eigenvalue weighted by Crippen LogP contribution is -2.46. The summed E-state index contributed by atoms with van der Waals surface area (Å²) in [6.45, 7) is 4.34. The molecule has 2 heterocycles. The molecule has 0 bridgehead atoms. The van der Waals surface area contributed by atoms with Crippen LogP contribution >= 0.6 is 12.4 Å². The SMILES string of the molecule is Cl.FC(F)(F)c1ccc(-c2cccc(CN3CCN(c4ncccn4)CC3)c2)cc1. The molecule has 30 heavy (non-hydrogen) atoms. The van der Waals surface area contributed by atoms with Gasteiger partial charge >= 0.3 is 6.18 Å². The van der Waals surface area contributed by atoms with Gasteiger partial charge in [-0.3, -0.25) is 4.90 Å². The van der Waals surface area contributed by atoms with Crippen LogP contribution in [-0.4, -0.2) is 41.0 Å². The van der Waals surface area contributed by atoms with Gasteiger partial charge in [0, 0.05) is 45.1 Å². The molecule has 1 saturated heterocycles. The number of piperazine rings is 1. The number of rotatable bonds is 4. The molecule has 0 amide bonds. The number of anilines is 1. The summed E-state index contributed by atoms with van der Waals surface area (Å²) in [5.74, 6) is 0.761. The van der Waals surface area contributed by atoms with Crippen molar-refractivity contribution in [1.82, 2.24) is 14.9 Å². The zero-order valence-electron chi connectivity index (χ0n) is 16.2. The third-order valence-corrected chi connectivity index (χ3v) is 5.09. The maximum atomic E-state index is 12.8. The minimum absolute atomic E-state index is 0. The van der Waals surface area contributed by atoms with Gasteiger partial charge in [0.05, 0.1) is 5.56 Å². The van der Waals surface area contributed by atoms with Crippen molar-refractivity contribution >= 4 is 18.4 Å². The zero-order valence-corrected chi connectivity index (χ0v) is 17.0. The third kappa shape index (κ3) is 5.29. The van der Waals surface area contributed by atoms with Gasteiger partial charge < -0.3 is 4.90 Å². The van der Waals surface area contributed by atoms with E-state index in [2.05, 4.69) is 31.9 Å². The fourth-order valence-electron chi connectivity index (χ4n) is 3.52. The van der Waals surface area contributed by atoms with Gasteiger partial charge in [-0.2, -0.15) is 13.2 Å². The Bertz CT molecular complexity index is 941. The maximum absolute atomic E-state index is 12.8. The van der Waals surface area contributed by atoms with Crippen LogP contribution in [0.15, 0.2) is 67.0 Å². The van der Waals surface area contributed by atoms with Gasteiger partial charge in [-0.25, -0.2) is 9.97 Å². The van der Waals surface area contributed by atoms with E-state index in [0.717, 1.165) is 67.5 Å². The lowest BCUT2D eigenvalue weighted by molar-refractivity contribution is -0.137. The number of alkyl halides is 3. The van der Waals surface area contributed by atoms with E-state index in [-0.39, 0.29) is 12.4 Å². The molecule has 0 atom stereocenters. The minimum Gasteiger partial charge on any atom is -0.338 e. The van der Waals surface area contributed by atoms with Gasteiger partial charge in [-0.05, 0) is 41.0 Å². The highest BCUT2D eigenvalue weighted by Crippen LogP contribution is 2.31. The normalized spacial score (nSPS) is 15.0. The van der Waals surface area contributed by atoms with E-state index in [1.807, 2.05) is 18.2 Å². The molecule has 1 aliphatic rings. The summed E-state index contributed by atoms with van der Waals surface area (Å²) >= 11 is 0. The molecule has 1 fully saturated rings. The first-order valence-electron chi connectivity index (χ1n) is 9.50. The first-order chi connectivity index (χ1) is 14.0. The molecule has 0 radical (unpaired) electrons. The predicted molar refractivity (Wildman–Crippen MR) is 114 cm³/mol. The molecule has 0 aliphatic carbocycles. The largest absolute Gasteiger partial charge is 0.416 e. The van der Waals surface area contributed by atoms with Crippen LogP contribution < -0.4 is 4.90 Å². The van der Waals surface area contributed by atoms with E-state index in [4.69, 9.17) is 0 Å². The summed E-state index contributed by atoms with van der Waals surface area (Å²) in [5.41, 5.74) is 2.22. The predicted octanol–water partition coefficient (Wildman–Crippen LogP) is 4.91. The quantitative estimate of drug-likeness (QED) is 0.584.